The van der Waals surface area contributed by atoms with Crippen molar-refractivity contribution in [3.63, 3.8) is 0 Å². The number of rotatable bonds is 10. The summed E-state index contributed by atoms with van der Waals surface area (Å²) in [5, 5.41) is 10.5. The molecule has 0 saturated heterocycles. The van der Waals surface area contributed by atoms with Gasteiger partial charge in [-0.3, -0.25) is 19.5 Å². The normalized spacial score (nSPS) is 13.0. The van der Waals surface area contributed by atoms with E-state index >= 15 is 0 Å². The van der Waals surface area contributed by atoms with E-state index in [0.29, 0.717) is 0 Å². The maximum atomic E-state index is 12.4. The topological polar surface area (TPSA) is 105 Å². The van der Waals surface area contributed by atoms with Gasteiger partial charge in [-0.2, -0.15) is 0 Å². The fourth-order valence-corrected chi connectivity index (χ4v) is 3.13. The van der Waals surface area contributed by atoms with Crippen LogP contribution < -0.4 is 0 Å². The molecule has 0 N–H and O–H groups in total. The minimum Gasteiger partial charge on any atom is -0.442 e. The number of halogens is 2. The molecule has 0 aromatic carbocycles. The minimum atomic E-state index is -4.02. The lowest BCUT2D eigenvalue weighted by Crippen LogP contribution is -2.28. The molecule has 0 amide bonds. The summed E-state index contributed by atoms with van der Waals surface area (Å²) < 4.78 is 26.8. The van der Waals surface area contributed by atoms with E-state index in [-0.39, 0.29) is 25.0 Å². The highest BCUT2D eigenvalue weighted by molar-refractivity contribution is 7.54. The van der Waals surface area contributed by atoms with Crippen molar-refractivity contribution in [3.05, 3.63) is 10.1 Å². The van der Waals surface area contributed by atoms with Crippen LogP contribution >= 0.6 is 30.8 Å². The number of carbonyl (C=O) groups excluding carboxylic acids is 1. The molecule has 0 aliphatic heterocycles. The van der Waals surface area contributed by atoms with Crippen LogP contribution in [0.3, 0.4) is 0 Å². The second-order valence-electron chi connectivity index (χ2n) is 3.16. The van der Waals surface area contributed by atoms with Crippen LogP contribution in [0.25, 0.3) is 0 Å². The van der Waals surface area contributed by atoms with Gasteiger partial charge in [-0.1, -0.05) is 0 Å². The Kier molecular flexibility index (Phi) is 9.30. The Bertz CT molecular complexity index is 326. The van der Waals surface area contributed by atoms with Gasteiger partial charge in [-0.25, -0.2) is 0 Å². The third kappa shape index (κ3) is 7.69. The molecule has 11 heteroatoms. The lowest BCUT2D eigenvalue weighted by atomic mass is 10.7. The SMILES string of the molecule is CC(=O)O[C@H](C[N+](=O)[O-])P(=O)(OCCCl)OCCCl. The van der Waals surface area contributed by atoms with Gasteiger partial charge >= 0.3 is 13.6 Å². The van der Waals surface area contributed by atoms with Crippen LogP contribution in [-0.4, -0.2) is 48.3 Å². The largest absolute Gasteiger partial charge is 0.442 e. The second-order valence-corrected chi connectivity index (χ2v) is 6.09. The Labute approximate surface area is 120 Å². The number of alkyl halides is 2. The molecule has 0 aliphatic rings. The fourth-order valence-electron chi connectivity index (χ4n) is 1.05. The lowest BCUT2D eigenvalue weighted by Gasteiger charge is -2.23. The van der Waals surface area contributed by atoms with Gasteiger partial charge in [0.25, 0.3) is 12.4 Å². The highest BCUT2D eigenvalue weighted by Crippen LogP contribution is 2.53. The molecule has 0 radical (unpaired) electrons. The first-order valence-electron chi connectivity index (χ1n) is 5.15. The summed E-state index contributed by atoms with van der Waals surface area (Å²) in [7, 11) is -4.02. The molecule has 0 aliphatic carbocycles. The van der Waals surface area contributed by atoms with Crippen LogP contribution in [0.1, 0.15) is 6.92 Å². The molecule has 0 saturated carbocycles. The summed E-state index contributed by atoms with van der Waals surface area (Å²) in [6.07, 6.45) is 0. The van der Waals surface area contributed by atoms with Crippen LogP contribution in [0.15, 0.2) is 0 Å². The molecule has 112 valence electrons. The van der Waals surface area contributed by atoms with Gasteiger partial charge in [0.15, 0.2) is 0 Å². The molecule has 19 heavy (non-hydrogen) atoms. The first-order valence-corrected chi connectivity index (χ1v) is 7.83. The number of carbonyl (C=O) groups is 1. The summed E-state index contributed by atoms with van der Waals surface area (Å²) in [5.41, 5.74) is 0. The van der Waals surface area contributed by atoms with Crippen LogP contribution in [0.4, 0.5) is 0 Å². The van der Waals surface area contributed by atoms with Crippen LogP contribution in [0.2, 0.25) is 0 Å². The van der Waals surface area contributed by atoms with Crippen molar-refractivity contribution in [1.29, 1.82) is 0 Å². The fraction of sp³-hybridized carbons (Fsp3) is 0.875. The van der Waals surface area contributed by atoms with Crippen molar-refractivity contribution < 1.29 is 28.1 Å². The first kappa shape index (κ1) is 18.6. The number of hydrogen-bond donors (Lipinski definition) is 0. The average Bonchev–Trinajstić information content (AvgIpc) is 2.32. The Balaban J connectivity index is 5.02. The predicted molar refractivity (Wildman–Crippen MR) is 68.4 cm³/mol. The summed E-state index contributed by atoms with van der Waals surface area (Å²) in [4.78, 5) is 20.6. The number of ether oxygens (including phenoxy) is 1. The molecular weight excluding hydrogens is 324 g/mol. The van der Waals surface area contributed by atoms with E-state index in [0.717, 1.165) is 6.92 Å². The van der Waals surface area contributed by atoms with E-state index in [1.54, 1.807) is 0 Å². The van der Waals surface area contributed by atoms with E-state index in [1.165, 1.54) is 0 Å². The van der Waals surface area contributed by atoms with Crippen LogP contribution in [0.5, 0.6) is 0 Å². The monoisotopic (exact) mass is 337 g/mol. The van der Waals surface area contributed by atoms with Crippen molar-refractivity contribution >= 4 is 36.8 Å². The molecular formula is C8H14Cl2NO7P. The highest BCUT2D eigenvalue weighted by Gasteiger charge is 2.42. The van der Waals surface area contributed by atoms with Gasteiger partial charge in [-0.15, -0.1) is 23.2 Å². The minimum absolute atomic E-state index is 0.000515. The molecule has 0 bridgehead atoms. The maximum absolute atomic E-state index is 12.4. The zero-order valence-electron chi connectivity index (χ0n) is 10.1. The van der Waals surface area contributed by atoms with E-state index in [4.69, 9.17) is 32.2 Å². The molecule has 0 spiro atoms. The Morgan fingerprint density at radius 1 is 1.32 bits per heavy atom. The van der Waals surface area contributed by atoms with E-state index < -0.39 is 30.9 Å². The van der Waals surface area contributed by atoms with Gasteiger partial charge in [0, 0.05) is 23.6 Å². The van der Waals surface area contributed by atoms with Gasteiger partial charge in [0.2, 0.25) is 0 Å². The Morgan fingerprint density at radius 2 is 1.79 bits per heavy atom. The first-order chi connectivity index (χ1) is 8.85. The zero-order chi connectivity index (χ0) is 14.9. The van der Waals surface area contributed by atoms with Gasteiger partial charge in [-0.05, 0) is 0 Å². The average molecular weight is 338 g/mol. The maximum Gasteiger partial charge on any atom is 0.377 e. The number of hydrogen-bond acceptors (Lipinski definition) is 7. The standard InChI is InChI=1S/C8H14Cl2NO7P/c1-7(12)18-8(6-11(13)14)19(15,16-4-2-9)17-5-3-10/h8H,2-6H2,1H3/t8-/m0/s1. The Morgan fingerprint density at radius 3 is 2.11 bits per heavy atom. The third-order valence-electron chi connectivity index (χ3n) is 1.66. The molecule has 0 heterocycles. The van der Waals surface area contributed by atoms with E-state index in [9.17, 15) is 19.5 Å². The summed E-state index contributed by atoms with van der Waals surface area (Å²) in [6, 6.07) is 0. The summed E-state index contributed by atoms with van der Waals surface area (Å²) >= 11 is 10.8. The van der Waals surface area contributed by atoms with E-state index in [1.807, 2.05) is 0 Å². The quantitative estimate of drug-likeness (QED) is 0.197. The number of esters is 1. The number of nitro groups is 1. The highest BCUT2D eigenvalue weighted by atomic mass is 35.5. The van der Waals surface area contributed by atoms with Crippen molar-refractivity contribution in [2.45, 2.75) is 12.8 Å². The molecule has 8 nitrogen and oxygen atoms in total. The Hall–Kier alpha value is -0.400. The van der Waals surface area contributed by atoms with Crippen molar-refractivity contribution in [1.82, 2.24) is 0 Å². The molecule has 0 unspecified atom stereocenters. The molecule has 1 atom stereocenters. The molecule has 0 aromatic heterocycles. The summed E-state index contributed by atoms with van der Waals surface area (Å²) in [5.74, 6) is -2.47. The second kappa shape index (κ2) is 9.50. The number of nitrogens with zero attached hydrogens (tertiary/aromatic N) is 1. The van der Waals surface area contributed by atoms with Crippen LogP contribution in [-0.2, 0) is 23.1 Å². The van der Waals surface area contributed by atoms with E-state index in [2.05, 4.69) is 4.74 Å². The summed E-state index contributed by atoms with van der Waals surface area (Å²) in [6.45, 7) is -0.213. The van der Waals surface area contributed by atoms with Gasteiger partial charge in [0.05, 0.1) is 13.2 Å². The van der Waals surface area contributed by atoms with Gasteiger partial charge < -0.3 is 13.8 Å². The predicted octanol–water partition coefficient (Wildman–Crippen LogP) is 1.86. The molecule has 0 aromatic rings. The van der Waals surface area contributed by atoms with Crippen molar-refractivity contribution in [3.8, 4) is 0 Å². The lowest BCUT2D eigenvalue weighted by molar-refractivity contribution is -0.486. The van der Waals surface area contributed by atoms with Crippen molar-refractivity contribution in [2.24, 2.45) is 0 Å². The third-order valence-corrected chi connectivity index (χ3v) is 4.02. The zero-order valence-corrected chi connectivity index (χ0v) is 12.5. The molecule has 0 rings (SSSR count). The van der Waals surface area contributed by atoms with Gasteiger partial charge in [0.1, 0.15) is 0 Å². The van der Waals surface area contributed by atoms with Crippen molar-refractivity contribution in [2.75, 3.05) is 31.5 Å². The smallest absolute Gasteiger partial charge is 0.377 e. The molecule has 0 fully saturated rings. The van der Waals surface area contributed by atoms with Crippen LogP contribution in [0, 0.1) is 10.1 Å².